The summed E-state index contributed by atoms with van der Waals surface area (Å²) in [6, 6.07) is 9.56. The Hall–Kier alpha value is -3.04. The molecule has 9 nitrogen and oxygen atoms in total. The summed E-state index contributed by atoms with van der Waals surface area (Å²) in [5, 5.41) is 2.74. The zero-order chi connectivity index (χ0) is 26.2. The summed E-state index contributed by atoms with van der Waals surface area (Å²) >= 11 is 1.95. The van der Waals surface area contributed by atoms with Crippen molar-refractivity contribution < 1.29 is 22.0 Å². The lowest BCUT2D eigenvalue weighted by Gasteiger charge is -2.17. The van der Waals surface area contributed by atoms with Crippen molar-refractivity contribution >= 4 is 55.9 Å². The highest BCUT2D eigenvalue weighted by Crippen LogP contribution is 2.26. The number of nitrogens with one attached hydrogen (secondary N) is 3. The van der Waals surface area contributed by atoms with E-state index >= 15 is 4.39 Å². The van der Waals surface area contributed by atoms with Crippen LogP contribution in [-0.2, 0) is 23.7 Å². The van der Waals surface area contributed by atoms with Crippen molar-refractivity contribution in [3.05, 3.63) is 84.7 Å². The van der Waals surface area contributed by atoms with Crippen LogP contribution in [0.15, 0.2) is 47.3 Å². The van der Waals surface area contributed by atoms with Gasteiger partial charge in [0.25, 0.3) is 21.7 Å². The van der Waals surface area contributed by atoms with Crippen LogP contribution in [0, 0.1) is 15.2 Å². The van der Waals surface area contributed by atoms with E-state index in [1.807, 2.05) is 22.6 Å². The molecule has 0 bridgehead atoms. The summed E-state index contributed by atoms with van der Waals surface area (Å²) < 4.78 is 60.2. The van der Waals surface area contributed by atoms with Gasteiger partial charge in [0, 0.05) is 28.6 Å². The van der Waals surface area contributed by atoms with E-state index in [-0.39, 0.29) is 46.3 Å². The minimum Gasteiger partial charge on any atom is -0.365 e. The first-order chi connectivity index (χ1) is 16.9. The number of carbonyl (C=O) groups is 1. The van der Waals surface area contributed by atoms with Gasteiger partial charge in [-0.1, -0.05) is 12.1 Å². The van der Waals surface area contributed by atoms with Gasteiger partial charge in [0.2, 0.25) is 0 Å². The van der Waals surface area contributed by atoms with Gasteiger partial charge in [-0.05, 0) is 71.3 Å². The maximum absolute atomic E-state index is 15.2. The number of pyridine rings is 1. The van der Waals surface area contributed by atoms with E-state index in [0.717, 1.165) is 17.4 Å². The summed E-state index contributed by atoms with van der Waals surface area (Å²) in [7, 11) is -2.59. The van der Waals surface area contributed by atoms with Crippen molar-refractivity contribution in [2.24, 2.45) is 12.8 Å². The molecule has 3 aromatic rings. The molecule has 1 amide bonds. The minimum atomic E-state index is -3.96. The van der Waals surface area contributed by atoms with Gasteiger partial charge in [0.05, 0.1) is 16.9 Å². The molecule has 5 N–H and O–H groups in total. The van der Waals surface area contributed by atoms with Crippen LogP contribution in [0.3, 0.4) is 0 Å². The molecule has 1 fully saturated rings. The van der Waals surface area contributed by atoms with E-state index in [2.05, 4.69) is 14.8 Å². The second kappa shape index (κ2) is 10.1. The fourth-order valence-corrected chi connectivity index (χ4v) is 5.21. The largest absolute Gasteiger partial charge is 0.365 e. The van der Waals surface area contributed by atoms with Gasteiger partial charge in [-0.15, -0.1) is 0 Å². The van der Waals surface area contributed by atoms with E-state index in [4.69, 9.17) is 5.73 Å². The van der Waals surface area contributed by atoms with E-state index in [0.29, 0.717) is 3.57 Å². The van der Waals surface area contributed by atoms with Crippen molar-refractivity contribution in [2.45, 2.75) is 25.3 Å². The fraction of sp³-hybridized carbons (Fsp3) is 0.217. The normalized spacial score (nSPS) is 13.4. The fourth-order valence-electron chi connectivity index (χ4n) is 3.58. The third-order valence-corrected chi connectivity index (χ3v) is 7.34. The molecule has 1 heterocycles. The molecule has 0 saturated heterocycles. The highest BCUT2D eigenvalue weighted by atomic mass is 127. The highest BCUT2D eigenvalue weighted by Gasteiger charge is 2.27. The Balaban J connectivity index is 1.68. The predicted molar refractivity (Wildman–Crippen MR) is 141 cm³/mol. The van der Waals surface area contributed by atoms with E-state index < -0.39 is 33.3 Å². The molecular formula is C23H22F2IN5O4S. The number of hydrogen-bond acceptors (Lipinski definition) is 5. The first-order valence-corrected chi connectivity index (χ1v) is 13.3. The second-order valence-electron chi connectivity index (χ2n) is 8.36. The molecule has 1 saturated carbocycles. The number of carbonyl (C=O) groups excluding carboxylic acids is 1. The Morgan fingerprint density at radius 3 is 2.50 bits per heavy atom. The van der Waals surface area contributed by atoms with Crippen molar-refractivity contribution in [1.29, 1.82) is 0 Å². The lowest BCUT2D eigenvalue weighted by atomic mass is 10.0. The van der Waals surface area contributed by atoms with Crippen molar-refractivity contribution in [1.82, 2.24) is 9.29 Å². The Kier molecular flexibility index (Phi) is 7.33. The first kappa shape index (κ1) is 26.0. The molecule has 0 atom stereocenters. The summed E-state index contributed by atoms with van der Waals surface area (Å²) in [5.41, 5.74) is 4.68. The molecule has 36 heavy (non-hydrogen) atoms. The molecule has 1 aromatic heterocycles. The number of nitrogens with two attached hydrogens (primary N) is 1. The predicted octanol–water partition coefficient (Wildman–Crippen LogP) is 3.11. The Labute approximate surface area is 219 Å². The number of hydrogen-bond donors (Lipinski definition) is 4. The SMILES string of the molecule is Cn1c(Nc2ccc(I)cc2F)c(C(N)=O)cc(Cc2cccc(NS(=O)(=O)NC3CC3)c2F)c1=O. The standard InChI is InChI=1S/C23H22F2IN5O4S/c1-31-22(28-18-8-5-14(26)11-17(18)24)16(21(27)32)10-13(23(31)33)9-12-3-2-4-19(20(12)25)30-36(34,35)29-15-6-7-15/h2-5,8,10-11,15,28-30H,6-7,9H2,1H3,(H2,27,32). The topological polar surface area (TPSA) is 135 Å². The summed E-state index contributed by atoms with van der Waals surface area (Å²) in [6.07, 6.45) is 1.19. The van der Waals surface area contributed by atoms with E-state index in [1.54, 1.807) is 6.07 Å². The monoisotopic (exact) mass is 629 g/mol. The van der Waals surface area contributed by atoms with Gasteiger partial charge < -0.3 is 11.1 Å². The third-order valence-electron chi connectivity index (χ3n) is 5.54. The van der Waals surface area contributed by atoms with Crippen molar-refractivity contribution in [3.8, 4) is 0 Å². The van der Waals surface area contributed by atoms with E-state index in [9.17, 15) is 22.4 Å². The molecule has 0 unspecified atom stereocenters. The van der Waals surface area contributed by atoms with E-state index in [1.165, 1.54) is 43.4 Å². The number of benzene rings is 2. The van der Waals surface area contributed by atoms with Gasteiger partial charge in [-0.3, -0.25) is 18.9 Å². The van der Waals surface area contributed by atoms with Gasteiger partial charge in [0.15, 0.2) is 5.82 Å². The van der Waals surface area contributed by atoms with Crippen LogP contribution >= 0.6 is 22.6 Å². The zero-order valence-electron chi connectivity index (χ0n) is 18.9. The van der Waals surface area contributed by atoms with Crippen LogP contribution in [0.5, 0.6) is 0 Å². The molecule has 2 aromatic carbocycles. The molecule has 0 radical (unpaired) electrons. The number of halogens is 3. The summed E-state index contributed by atoms with van der Waals surface area (Å²) in [6.45, 7) is 0. The molecule has 1 aliphatic carbocycles. The van der Waals surface area contributed by atoms with Gasteiger partial charge in [-0.25, -0.2) is 8.78 Å². The number of aromatic nitrogens is 1. The molecule has 4 rings (SSSR count). The number of primary amides is 1. The lowest BCUT2D eigenvalue weighted by molar-refractivity contribution is 0.100. The maximum atomic E-state index is 15.2. The van der Waals surface area contributed by atoms with Crippen LogP contribution in [-0.4, -0.2) is 24.9 Å². The number of amides is 1. The average molecular weight is 629 g/mol. The minimum absolute atomic E-state index is 0.0236. The van der Waals surface area contributed by atoms with Crippen LogP contribution in [0.4, 0.5) is 26.0 Å². The zero-order valence-corrected chi connectivity index (χ0v) is 21.9. The van der Waals surface area contributed by atoms with Crippen LogP contribution in [0.25, 0.3) is 0 Å². The first-order valence-electron chi connectivity index (χ1n) is 10.8. The number of rotatable bonds is 9. The van der Waals surface area contributed by atoms with Gasteiger partial charge >= 0.3 is 0 Å². The van der Waals surface area contributed by atoms with Crippen LogP contribution in [0.1, 0.15) is 34.3 Å². The van der Waals surface area contributed by atoms with Crippen LogP contribution in [0.2, 0.25) is 0 Å². The molecule has 190 valence electrons. The smallest absolute Gasteiger partial charge is 0.299 e. The van der Waals surface area contributed by atoms with Crippen molar-refractivity contribution in [3.63, 3.8) is 0 Å². The molecular weight excluding hydrogens is 607 g/mol. The third kappa shape index (κ3) is 5.84. The molecule has 0 aliphatic heterocycles. The highest BCUT2D eigenvalue weighted by molar-refractivity contribution is 14.1. The molecule has 1 aliphatic rings. The maximum Gasteiger partial charge on any atom is 0.299 e. The Bertz CT molecular complexity index is 1520. The number of anilines is 3. The Morgan fingerprint density at radius 1 is 1.14 bits per heavy atom. The van der Waals surface area contributed by atoms with Gasteiger partial charge in [-0.2, -0.15) is 13.1 Å². The Morgan fingerprint density at radius 2 is 1.86 bits per heavy atom. The lowest BCUT2D eigenvalue weighted by Crippen LogP contribution is -2.32. The van der Waals surface area contributed by atoms with Crippen molar-refractivity contribution in [2.75, 3.05) is 10.0 Å². The molecule has 13 heteroatoms. The summed E-state index contributed by atoms with van der Waals surface area (Å²) in [5.74, 6) is -2.35. The van der Waals surface area contributed by atoms with Crippen LogP contribution < -0.4 is 26.1 Å². The molecule has 0 spiro atoms. The van der Waals surface area contributed by atoms with Gasteiger partial charge in [0.1, 0.15) is 11.6 Å². The second-order valence-corrected chi connectivity index (χ2v) is 11.1. The number of nitrogens with zero attached hydrogens (tertiary/aromatic N) is 1. The quantitative estimate of drug-likeness (QED) is 0.270. The average Bonchev–Trinajstić information content (AvgIpc) is 3.60. The summed E-state index contributed by atoms with van der Waals surface area (Å²) in [4.78, 5) is 25.3.